The molecule has 0 fully saturated rings. The van der Waals surface area contributed by atoms with E-state index in [9.17, 15) is 21.6 Å². The summed E-state index contributed by atoms with van der Waals surface area (Å²) in [6, 6.07) is 9.28. The Morgan fingerprint density at radius 3 is 2.48 bits per heavy atom. The summed E-state index contributed by atoms with van der Waals surface area (Å²) in [6.07, 6.45) is 0.203. The van der Waals surface area contributed by atoms with Crippen LogP contribution < -0.4 is 4.72 Å². The van der Waals surface area contributed by atoms with Gasteiger partial charge in [0.1, 0.15) is 0 Å². The summed E-state index contributed by atoms with van der Waals surface area (Å²) in [6.45, 7) is 0.00619. The standard InChI is InChI=1S/C18H18F3N3O2S/c19-18(20,21)6-10-24-12-15(5-9-23-27(25)26)16-2-1-14(11-17(16)24)13-3-7-22-8-4-13/h1-4,7-8,11-12,27H,5-6,9-10H2,(H,23,25,26). The van der Waals surface area contributed by atoms with E-state index in [1.54, 1.807) is 23.2 Å². The van der Waals surface area contributed by atoms with Gasteiger partial charge in [0.25, 0.3) is 0 Å². The zero-order chi connectivity index (χ0) is 19.4. The fourth-order valence-electron chi connectivity index (χ4n) is 3.01. The average Bonchev–Trinajstić information content (AvgIpc) is 2.97. The van der Waals surface area contributed by atoms with Crippen LogP contribution in [-0.2, 0) is 23.9 Å². The van der Waals surface area contributed by atoms with Crippen LogP contribution in [0.15, 0.2) is 48.9 Å². The van der Waals surface area contributed by atoms with Gasteiger partial charge < -0.3 is 4.57 Å². The first-order valence-electron chi connectivity index (χ1n) is 8.30. The van der Waals surface area contributed by atoms with Gasteiger partial charge in [-0.25, -0.2) is 13.1 Å². The number of halogens is 3. The third-order valence-corrected chi connectivity index (χ3v) is 4.73. The van der Waals surface area contributed by atoms with Crippen molar-refractivity contribution >= 4 is 21.8 Å². The first-order chi connectivity index (χ1) is 12.8. The molecule has 0 aliphatic rings. The smallest absolute Gasteiger partial charge is 0.347 e. The second kappa shape index (κ2) is 8.10. The Hall–Kier alpha value is -2.39. The van der Waals surface area contributed by atoms with Crippen molar-refractivity contribution in [2.24, 2.45) is 0 Å². The summed E-state index contributed by atoms with van der Waals surface area (Å²) >= 11 is 0. The molecule has 3 aromatic rings. The molecule has 0 radical (unpaired) electrons. The maximum absolute atomic E-state index is 12.7. The van der Waals surface area contributed by atoms with E-state index in [0.29, 0.717) is 11.9 Å². The van der Waals surface area contributed by atoms with E-state index in [1.807, 2.05) is 30.3 Å². The number of hydrogen-bond donors (Lipinski definition) is 2. The maximum Gasteiger partial charge on any atom is 0.390 e. The molecule has 3 rings (SSSR count). The van der Waals surface area contributed by atoms with Gasteiger partial charge in [0, 0.05) is 42.6 Å². The Balaban J connectivity index is 1.98. The zero-order valence-electron chi connectivity index (χ0n) is 14.2. The van der Waals surface area contributed by atoms with Gasteiger partial charge in [-0.2, -0.15) is 13.2 Å². The number of aromatic nitrogens is 2. The summed E-state index contributed by atoms with van der Waals surface area (Å²) in [5.41, 5.74) is 3.29. The number of nitrogens with one attached hydrogen (secondary N) is 1. The lowest BCUT2D eigenvalue weighted by molar-refractivity contribution is -0.136. The highest BCUT2D eigenvalue weighted by atomic mass is 32.2. The van der Waals surface area contributed by atoms with Crippen LogP contribution in [0.5, 0.6) is 0 Å². The number of alkyl halides is 3. The van der Waals surface area contributed by atoms with E-state index in [1.165, 1.54) is 0 Å². The molecular weight excluding hydrogens is 379 g/mol. The fraction of sp³-hybridized carbons (Fsp3) is 0.278. The second-order valence-corrected chi connectivity index (χ2v) is 6.93. The third-order valence-electron chi connectivity index (χ3n) is 4.25. The Kier molecular flexibility index (Phi) is 5.81. The molecule has 0 bridgehead atoms. The number of aryl methyl sites for hydroxylation is 1. The second-order valence-electron chi connectivity index (χ2n) is 6.10. The molecule has 0 unspecified atom stereocenters. The molecule has 2 heterocycles. The van der Waals surface area contributed by atoms with Crippen molar-refractivity contribution in [3.63, 3.8) is 0 Å². The lowest BCUT2D eigenvalue weighted by Gasteiger charge is -2.09. The van der Waals surface area contributed by atoms with Crippen LogP contribution in [0.2, 0.25) is 0 Å². The summed E-state index contributed by atoms with van der Waals surface area (Å²) < 4.78 is 63.3. The third kappa shape index (κ3) is 5.08. The quantitative estimate of drug-likeness (QED) is 0.601. The summed E-state index contributed by atoms with van der Waals surface area (Å²) in [5, 5.41) is 0.818. The molecule has 1 aromatic carbocycles. The number of benzene rings is 1. The normalized spacial score (nSPS) is 12.1. The van der Waals surface area contributed by atoms with E-state index >= 15 is 0 Å². The largest absolute Gasteiger partial charge is 0.390 e. The maximum atomic E-state index is 12.7. The van der Waals surface area contributed by atoms with Crippen molar-refractivity contribution in [1.29, 1.82) is 0 Å². The first-order valence-corrected chi connectivity index (χ1v) is 9.48. The number of hydrogen-bond acceptors (Lipinski definition) is 3. The highest BCUT2D eigenvalue weighted by Crippen LogP contribution is 2.29. The molecule has 0 aliphatic carbocycles. The van der Waals surface area contributed by atoms with Crippen LogP contribution in [0.1, 0.15) is 12.0 Å². The molecule has 0 aliphatic heterocycles. The van der Waals surface area contributed by atoms with Crippen LogP contribution in [0.25, 0.3) is 22.0 Å². The Morgan fingerprint density at radius 1 is 1.07 bits per heavy atom. The first kappa shape index (κ1) is 19.4. The van der Waals surface area contributed by atoms with Gasteiger partial charge in [0.2, 0.25) is 10.9 Å². The van der Waals surface area contributed by atoms with Crippen molar-refractivity contribution in [2.45, 2.75) is 25.6 Å². The minimum atomic E-state index is -4.25. The molecule has 1 N–H and O–H groups in total. The van der Waals surface area contributed by atoms with Gasteiger partial charge in [-0.1, -0.05) is 12.1 Å². The van der Waals surface area contributed by atoms with E-state index in [-0.39, 0.29) is 13.1 Å². The van der Waals surface area contributed by atoms with Crippen molar-refractivity contribution in [3.05, 3.63) is 54.5 Å². The molecule has 0 atom stereocenters. The molecule has 0 amide bonds. The van der Waals surface area contributed by atoms with E-state index in [4.69, 9.17) is 0 Å². The topological polar surface area (TPSA) is 64.0 Å². The summed E-state index contributed by atoms with van der Waals surface area (Å²) in [4.78, 5) is 3.97. The van der Waals surface area contributed by atoms with Crippen LogP contribution >= 0.6 is 0 Å². The average molecular weight is 397 g/mol. The fourth-order valence-corrected chi connectivity index (χ4v) is 3.30. The molecule has 27 heavy (non-hydrogen) atoms. The summed E-state index contributed by atoms with van der Waals surface area (Å²) in [7, 11) is -2.70. The number of rotatable bonds is 7. The molecule has 144 valence electrons. The molecule has 0 saturated carbocycles. The minimum Gasteiger partial charge on any atom is -0.347 e. The SMILES string of the molecule is O=[SH](=O)NCCc1cn(CCC(F)(F)F)c2cc(-c3ccncc3)ccc12. The van der Waals surface area contributed by atoms with Crippen LogP contribution in [0, 0.1) is 0 Å². The van der Waals surface area contributed by atoms with Gasteiger partial charge in [-0.15, -0.1) is 0 Å². The summed E-state index contributed by atoms with van der Waals surface area (Å²) in [5.74, 6) is 0. The van der Waals surface area contributed by atoms with Gasteiger partial charge in [-0.05, 0) is 41.3 Å². The number of fused-ring (bicyclic) bond motifs is 1. The predicted molar refractivity (Wildman–Crippen MR) is 97.9 cm³/mol. The molecule has 9 heteroatoms. The number of pyridine rings is 1. The van der Waals surface area contributed by atoms with E-state index in [0.717, 1.165) is 22.1 Å². The minimum absolute atomic E-state index is 0.191. The number of nitrogens with zero attached hydrogens (tertiary/aromatic N) is 2. The van der Waals surface area contributed by atoms with Crippen molar-refractivity contribution in [3.8, 4) is 11.1 Å². The molecule has 5 nitrogen and oxygen atoms in total. The lowest BCUT2D eigenvalue weighted by atomic mass is 10.0. The highest BCUT2D eigenvalue weighted by Gasteiger charge is 2.27. The lowest BCUT2D eigenvalue weighted by Crippen LogP contribution is -2.14. The monoisotopic (exact) mass is 397 g/mol. The molecular formula is C18H18F3N3O2S. The van der Waals surface area contributed by atoms with Crippen molar-refractivity contribution in [1.82, 2.24) is 14.3 Å². The van der Waals surface area contributed by atoms with Gasteiger partial charge >= 0.3 is 6.18 Å². The zero-order valence-corrected chi connectivity index (χ0v) is 15.1. The van der Waals surface area contributed by atoms with E-state index in [2.05, 4.69) is 9.71 Å². The highest BCUT2D eigenvalue weighted by molar-refractivity contribution is 7.70. The van der Waals surface area contributed by atoms with Gasteiger partial charge in [0.15, 0.2) is 0 Å². The van der Waals surface area contributed by atoms with Gasteiger partial charge in [-0.3, -0.25) is 4.98 Å². The van der Waals surface area contributed by atoms with Crippen LogP contribution in [-0.4, -0.2) is 30.7 Å². The van der Waals surface area contributed by atoms with Crippen LogP contribution in [0.3, 0.4) is 0 Å². The molecule has 2 aromatic heterocycles. The van der Waals surface area contributed by atoms with Crippen molar-refractivity contribution in [2.75, 3.05) is 6.54 Å². The van der Waals surface area contributed by atoms with Crippen LogP contribution in [0.4, 0.5) is 13.2 Å². The Bertz CT molecular complexity index is 990. The van der Waals surface area contributed by atoms with E-state index < -0.39 is 23.5 Å². The predicted octanol–water partition coefficient (Wildman–Crippen LogP) is 3.31. The Morgan fingerprint density at radius 2 is 1.81 bits per heavy atom. The van der Waals surface area contributed by atoms with Gasteiger partial charge in [0.05, 0.1) is 6.42 Å². The molecule has 0 saturated heterocycles. The number of thiol groups is 1. The Labute approximate surface area is 155 Å². The van der Waals surface area contributed by atoms with Crippen molar-refractivity contribution < 1.29 is 21.6 Å². The molecule has 0 spiro atoms.